The number of ether oxygens (including phenoxy) is 2. The Hall–Kier alpha value is -2.60. The minimum Gasteiger partial charge on any atom is -0.494 e. The predicted octanol–water partition coefficient (Wildman–Crippen LogP) is 2.49. The van der Waals surface area contributed by atoms with Gasteiger partial charge in [0.05, 0.1) is 12.3 Å². The van der Waals surface area contributed by atoms with Crippen molar-refractivity contribution in [1.82, 2.24) is 0 Å². The van der Waals surface area contributed by atoms with E-state index in [2.05, 4.69) is 12.2 Å². The maximum absolute atomic E-state index is 10.0. The molecule has 0 fully saturated rings. The smallest absolute Gasteiger partial charge is 0.142 e. The van der Waals surface area contributed by atoms with E-state index in [4.69, 9.17) is 20.9 Å². The Morgan fingerprint density at radius 3 is 2.50 bits per heavy atom. The highest BCUT2D eigenvalue weighted by molar-refractivity contribution is 5.60. The third-order valence-corrected chi connectivity index (χ3v) is 3.33. The van der Waals surface area contributed by atoms with Crippen molar-refractivity contribution in [2.24, 2.45) is 0 Å². The minimum atomic E-state index is -0.669. The van der Waals surface area contributed by atoms with Crippen molar-refractivity contribution >= 4 is 17.1 Å². The van der Waals surface area contributed by atoms with Crippen LogP contribution >= 0.6 is 0 Å². The predicted molar refractivity (Wildman–Crippen MR) is 97.5 cm³/mol. The van der Waals surface area contributed by atoms with Crippen LogP contribution in [0.3, 0.4) is 0 Å². The van der Waals surface area contributed by atoms with Crippen molar-refractivity contribution in [1.29, 1.82) is 0 Å². The zero-order valence-electron chi connectivity index (χ0n) is 13.9. The fourth-order valence-corrected chi connectivity index (χ4v) is 2.07. The fourth-order valence-electron chi connectivity index (χ4n) is 2.07. The zero-order chi connectivity index (χ0) is 17.4. The highest BCUT2D eigenvalue weighted by Crippen LogP contribution is 2.23. The van der Waals surface area contributed by atoms with E-state index < -0.39 is 6.10 Å². The number of nitrogen functional groups attached to an aromatic ring is 2. The van der Waals surface area contributed by atoms with E-state index >= 15 is 0 Å². The molecule has 1 atom stereocenters. The Bertz CT molecular complexity index is 632. The van der Waals surface area contributed by atoms with Crippen LogP contribution in [0.15, 0.2) is 42.5 Å². The molecule has 0 radical (unpaired) electrons. The lowest BCUT2D eigenvalue weighted by atomic mass is 10.2. The van der Waals surface area contributed by atoms with Gasteiger partial charge in [-0.05, 0) is 48.9 Å². The maximum Gasteiger partial charge on any atom is 0.142 e. The van der Waals surface area contributed by atoms with Crippen molar-refractivity contribution in [3.8, 4) is 11.5 Å². The Kier molecular flexibility index (Phi) is 6.57. The van der Waals surface area contributed by atoms with Crippen LogP contribution in [0.4, 0.5) is 17.1 Å². The highest BCUT2D eigenvalue weighted by Gasteiger charge is 2.07. The lowest BCUT2D eigenvalue weighted by Crippen LogP contribution is -2.26. The molecule has 2 aromatic rings. The number of hydrogen-bond acceptors (Lipinski definition) is 6. The third kappa shape index (κ3) is 5.55. The van der Waals surface area contributed by atoms with E-state index in [1.165, 1.54) is 0 Å². The van der Waals surface area contributed by atoms with Crippen LogP contribution in [0.5, 0.6) is 11.5 Å². The molecular weight excluding hydrogens is 306 g/mol. The van der Waals surface area contributed by atoms with E-state index in [1.807, 2.05) is 24.3 Å². The summed E-state index contributed by atoms with van der Waals surface area (Å²) in [7, 11) is 0. The largest absolute Gasteiger partial charge is 0.494 e. The average Bonchev–Trinajstić information content (AvgIpc) is 2.58. The molecule has 0 heterocycles. The van der Waals surface area contributed by atoms with Crippen LogP contribution < -0.4 is 26.3 Å². The molecule has 0 aromatic heterocycles. The van der Waals surface area contributed by atoms with Crippen molar-refractivity contribution in [3.63, 3.8) is 0 Å². The standard InChI is InChI=1S/C18H25N3O3/c1-2-9-23-16-6-4-14(5-7-16)21-11-15(22)12-24-18-8-3-13(19)10-17(18)20/h3-8,10,15,21-22H,2,9,11-12,19-20H2,1H3. The van der Waals surface area contributed by atoms with Gasteiger partial charge in [0.25, 0.3) is 0 Å². The number of aliphatic hydroxyl groups is 1. The van der Waals surface area contributed by atoms with Gasteiger partial charge >= 0.3 is 0 Å². The molecule has 0 aliphatic carbocycles. The summed E-state index contributed by atoms with van der Waals surface area (Å²) < 4.78 is 11.0. The van der Waals surface area contributed by atoms with Gasteiger partial charge in [-0.15, -0.1) is 0 Å². The zero-order valence-corrected chi connectivity index (χ0v) is 13.9. The van der Waals surface area contributed by atoms with Crippen LogP contribution in [0.2, 0.25) is 0 Å². The van der Waals surface area contributed by atoms with Gasteiger partial charge < -0.3 is 31.4 Å². The lowest BCUT2D eigenvalue weighted by molar-refractivity contribution is 0.118. The van der Waals surface area contributed by atoms with Crippen molar-refractivity contribution in [2.75, 3.05) is 36.5 Å². The van der Waals surface area contributed by atoms with Gasteiger partial charge in [0.15, 0.2) is 0 Å². The second kappa shape index (κ2) is 8.88. The summed E-state index contributed by atoms with van der Waals surface area (Å²) in [5.74, 6) is 1.35. The number of nitrogens with one attached hydrogen (secondary N) is 1. The second-order valence-electron chi connectivity index (χ2n) is 5.52. The molecule has 0 saturated carbocycles. The number of benzene rings is 2. The molecule has 0 spiro atoms. The van der Waals surface area contributed by atoms with E-state index in [-0.39, 0.29) is 6.61 Å². The number of hydrogen-bond donors (Lipinski definition) is 4. The first kappa shape index (κ1) is 17.7. The number of anilines is 3. The summed E-state index contributed by atoms with van der Waals surface area (Å²) in [4.78, 5) is 0. The molecule has 130 valence electrons. The van der Waals surface area contributed by atoms with Gasteiger partial charge in [0.2, 0.25) is 0 Å². The molecule has 6 N–H and O–H groups in total. The van der Waals surface area contributed by atoms with Crippen LogP contribution in [0, 0.1) is 0 Å². The molecule has 0 saturated heterocycles. The topological polar surface area (TPSA) is 103 Å². The van der Waals surface area contributed by atoms with Crippen molar-refractivity contribution < 1.29 is 14.6 Å². The molecule has 1 unspecified atom stereocenters. The number of aliphatic hydroxyl groups excluding tert-OH is 1. The molecule has 0 aliphatic rings. The third-order valence-electron chi connectivity index (χ3n) is 3.33. The summed E-state index contributed by atoms with van der Waals surface area (Å²) in [6.07, 6.45) is 0.308. The second-order valence-corrected chi connectivity index (χ2v) is 5.52. The van der Waals surface area contributed by atoms with E-state index in [9.17, 15) is 5.11 Å². The number of nitrogens with two attached hydrogens (primary N) is 2. The Morgan fingerprint density at radius 1 is 1.08 bits per heavy atom. The van der Waals surface area contributed by atoms with Gasteiger partial charge in [-0.25, -0.2) is 0 Å². The Balaban J connectivity index is 1.75. The Labute approximate surface area is 142 Å². The Morgan fingerprint density at radius 2 is 1.83 bits per heavy atom. The SMILES string of the molecule is CCCOc1ccc(NCC(O)COc2ccc(N)cc2N)cc1. The normalized spacial score (nSPS) is 11.8. The van der Waals surface area contributed by atoms with E-state index in [1.54, 1.807) is 18.2 Å². The number of rotatable bonds is 9. The molecule has 6 nitrogen and oxygen atoms in total. The van der Waals surface area contributed by atoms with Gasteiger partial charge in [-0.3, -0.25) is 0 Å². The van der Waals surface area contributed by atoms with Gasteiger partial charge in [0, 0.05) is 17.9 Å². The van der Waals surface area contributed by atoms with Crippen molar-refractivity contribution in [2.45, 2.75) is 19.4 Å². The summed E-state index contributed by atoms with van der Waals surface area (Å²) in [6, 6.07) is 12.7. The van der Waals surface area contributed by atoms with Crippen LogP contribution in [0.25, 0.3) is 0 Å². The molecule has 0 aliphatic heterocycles. The summed E-state index contributed by atoms with van der Waals surface area (Å²) in [5.41, 5.74) is 13.4. The molecule has 0 bridgehead atoms. The monoisotopic (exact) mass is 331 g/mol. The molecule has 2 rings (SSSR count). The lowest BCUT2D eigenvalue weighted by Gasteiger charge is -2.15. The fraction of sp³-hybridized carbons (Fsp3) is 0.333. The van der Waals surface area contributed by atoms with E-state index in [0.29, 0.717) is 30.3 Å². The van der Waals surface area contributed by atoms with Crippen molar-refractivity contribution in [3.05, 3.63) is 42.5 Å². The van der Waals surface area contributed by atoms with Gasteiger partial charge in [-0.1, -0.05) is 6.92 Å². The molecule has 0 amide bonds. The molecular formula is C18H25N3O3. The van der Waals surface area contributed by atoms with Crippen LogP contribution in [-0.4, -0.2) is 31.0 Å². The quantitative estimate of drug-likeness (QED) is 0.527. The first-order chi connectivity index (χ1) is 11.6. The van der Waals surface area contributed by atoms with E-state index in [0.717, 1.165) is 17.9 Å². The van der Waals surface area contributed by atoms with Crippen LogP contribution in [0.1, 0.15) is 13.3 Å². The van der Waals surface area contributed by atoms with Crippen LogP contribution in [-0.2, 0) is 0 Å². The van der Waals surface area contributed by atoms with Gasteiger partial charge in [0.1, 0.15) is 24.2 Å². The molecule has 2 aromatic carbocycles. The van der Waals surface area contributed by atoms with Gasteiger partial charge in [-0.2, -0.15) is 0 Å². The average molecular weight is 331 g/mol. The highest BCUT2D eigenvalue weighted by atomic mass is 16.5. The minimum absolute atomic E-state index is 0.138. The summed E-state index contributed by atoms with van der Waals surface area (Å²) >= 11 is 0. The summed E-state index contributed by atoms with van der Waals surface area (Å²) in [5, 5.41) is 13.2. The summed E-state index contributed by atoms with van der Waals surface area (Å²) in [6.45, 7) is 3.28. The molecule has 24 heavy (non-hydrogen) atoms. The first-order valence-corrected chi connectivity index (χ1v) is 8.01. The maximum atomic E-state index is 10.0. The molecule has 6 heteroatoms. The first-order valence-electron chi connectivity index (χ1n) is 8.01.